The lowest BCUT2D eigenvalue weighted by Crippen LogP contribution is -2.43. The van der Waals surface area contributed by atoms with E-state index in [2.05, 4.69) is 17.6 Å². The Balaban J connectivity index is 1.98. The summed E-state index contributed by atoms with van der Waals surface area (Å²) in [6.07, 6.45) is 2.25. The molecule has 7 nitrogen and oxygen atoms in total. The number of ether oxygens (including phenoxy) is 2. The van der Waals surface area contributed by atoms with Crippen LogP contribution in [0.25, 0.3) is 0 Å². The zero-order valence-electron chi connectivity index (χ0n) is 14.4. The lowest BCUT2D eigenvalue weighted by atomic mass is 10.2. The highest BCUT2D eigenvalue weighted by molar-refractivity contribution is 5.97. The van der Waals surface area contributed by atoms with Crippen LogP contribution in [0.3, 0.4) is 0 Å². The molecule has 1 fully saturated rings. The van der Waals surface area contributed by atoms with E-state index >= 15 is 0 Å². The van der Waals surface area contributed by atoms with E-state index in [0.29, 0.717) is 24.6 Å². The summed E-state index contributed by atoms with van der Waals surface area (Å²) in [7, 11) is 3.12. The summed E-state index contributed by atoms with van der Waals surface area (Å²) < 4.78 is 10.5. The molecule has 1 aliphatic heterocycles. The number of benzene rings is 1. The number of carbonyl (C=O) groups is 2. The van der Waals surface area contributed by atoms with Gasteiger partial charge >= 0.3 is 6.03 Å². The van der Waals surface area contributed by atoms with Gasteiger partial charge in [-0.15, -0.1) is 0 Å². The number of unbranched alkanes of at least 4 members (excludes halogenated alkanes) is 1. The molecule has 0 aromatic heterocycles. The average molecular weight is 335 g/mol. The minimum absolute atomic E-state index is 0.0268. The van der Waals surface area contributed by atoms with Gasteiger partial charge in [-0.25, -0.2) is 4.79 Å². The second-order valence-electron chi connectivity index (χ2n) is 5.70. The van der Waals surface area contributed by atoms with Gasteiger partial charge in [0.05, 0.1) is 20.3 Å². The van der Waals surface area contributed by atoms with Gasteiger partial charge in [0.25, 0.3) is 0 Å². The first-order valence-corrected chi connectivity index (χ1v) is 8.15. The number of urea groups is 1. The maximum atomic E-state index is 12.3. The lowest BCUT2D eigenvalue weighted by Gasteiger charge is -2.19. The predicted molar refractivity (Wildman–Crippen MR) is 91.7 cm³/mol. The fourth-order valence-corrected chi connectivity index (χ4v) is 2.66. The van der Waals surface area contributed by atoms with Crippen LogP contribution in [0.2, 0.25) is 0 Å². The van der Waals surface area contributed by atoms with Crippen molar-refractivity contribution < 1.29 is 19.1 Å². The summed E-state index contributed by atoms with van der Waals surface area (Å²) in [4.78, 5) is 25.7. The maximum absolute atomic E-state index is 12.3. The molecule has 0 aliphatic carbocycles. The largest absolute Gasteiger partial charge is 0.493 e. The van der Waals surface area contributed by atoms with Crippen molar-refractivity contribution in [1.29, 1.82) is 0 Å². The van der Waals surface area contributed by atoms with E-state index in [-0.39, 0.29) is 24.4 Å². The van der Waals surface area contributed by atoms with Gasteiger partial charge in [-0.1, -0.05) is 13.3 Å². The number of amides is 3. The molecule has 132 valence electrons. The van der Waals surface area contributed by atoms with Crippen LogP contribution < -0.4 is 25.0 Å². The van der Waals surface area contributed by atoms with Gasteiger partial charge in [0.2, 0.25) is 5.91 Å². The van der Waals surface area contributed by atoms with Crippen LogP contribution >= 0.6 is 0 Å². The van der Waals surface area contributed by atoms with Gasteiger partial charge in [-0.2, -0.15) is 0 Å². The first kappa shape index (κ1) is 17.9. The van der Waals surface area contributed by atoms with Crippen molar-refractivity contribution >= 4 is 17.6 Å². The molecule has 2 rings (SSSR count). The summed E-state index contributed by atoms with van der Waals surface area (Å²) in [5.74, 6) is 1.15. The van der Waals surface area contributed by atoms with Crippen LogP contribution in [0.5, 0.6) is 11.5 Å². The molecule has 0 unspecified atom stereocenters. The molecule has 7 heteroatoms. The number of rotatable bonds is 7. The fourth-order valence-electron chi connectivity index (χ4n) is 2.66. The van der Waals surface area contributed by atoms with Gasteiger partial charge < -0.3 is 25.0 Å². The number of nitrogens with one attached hydrogen (secondary N) is 2. The average Bonchev–Trinajstić information content (AvgIpc) is 2.94. The Morgan fingerprint density at radius 3 is 2.71 bits per heavy atom. The van der Waals surface area contributed by atoms with Crippen molar-refractivity contribution in [3.05, 3.63) is 18.2 Å². The zero-order valence-corrected chi connectivity index (χ0v) is 14.4. The van der Waals surface area contributed by atoms with Crippen LogP contribution in [0.15, 0.2) is 18.2 Å². The Hall–Kier alpha value is -2.44. The summed E-state index contributed by atoms with van der Waals surface area (Å²) in [5, 5.41) is 5.65. The van der Waals surface area contributed by atoms with Gasteiger partial charge in [-0.3, -0.25) is 4.79 Å². The standard InChI is InChI=1S/C17H25N3O4/c1-4-5-8-18-17(22)19-12-9-16(21)20(11-12)13-6-7-14(23-2)15(10-13)24-3/h6-7,10,12H,4-5,8-9,11H2,1-3H3,(H2,18,19,22)/t12-/m0/s1. The number of hydrogen-bond acceptors (Lipinski definition) is 4. The normalized spacial score (nSPS) is 16.9. The summed E-state index contributed by atoms with van der Waals surface area (Å²) in [5.41, 5.74) is 0.730. The molecular weight excluding hydrogens is 310 g/mol. The molecule has 1 saturated heterocycles. The van der Waals surface area contributed by atoms with Crippen molar-refractivity contribution in [2.24, 2.45) is 0 Å². The van der Waals surface area contributed by atoms with Crippen molar-refractivity contribution in [3.63, 3.8) is 0 Å². The zero-order chi connectivity index (χ0) is 17.5. The van der Waals surface area contributed by atoms with E-state index in [0.717, 1.165) is 18.5 Å². The number of methoxy groups -OCH3 is 2. The molecule has 3 amide bonds. The molecule has 1 atom stereocenters. The first-order valence-electron chi connectivity index (χ1n) is 8.15. The molecule has 0 radical (unpaired) electrons. The van der Waals surface area contributed by atoms with E-state index in [1.54, 1.807) is 31.3 Å². The van der Waals surface area contributed by atoms with Crippen LogP contribution in [-0.2, 0) is 4.79 Å². The second-order valence-corrected chi connectivity index (χ2v) is 5.70. The van der Waals surface area contributed by atoms with Crippen LogP contribution in [0.1, 0.15) is 26.2 Å². The first-order chi connectivity index (χ1) is 11.6. The fraction of sp³-hybridized carbons (Fsp3) is 0.529. The third kappa shape index (κ3) is 4.31. The van der Waals surface area contributed by atoms with E-state index in [4.69, 9.17) is 9.47 Å². The summed E-state index contributed by atoms with van der Waals surface area (Å²) >= 11 is 0. The van der Waals surface area contributed by atoms with Crippen LogP contribution in [0.4, 0.5) is 10.5 Å². The number of hydrogen-bond donors (Lipinski definition) is 2. The smallest absolute Gasteiger partial charge is 0.315 e. The van der Waals surface area contributed by atoms with Crippen LogP contribution in [0, 0.1) is 0 Å². The van der Waals surface area contributed by atoms with Gasteiger partial charge in [0.1, 0.15) is 0 Å². The Bertz CT molecular complexity index is 591. The van der Waals surface area contributed by atoms with Crippen molar-refractivity contribution in [2.45, 2.75) is 32.2 Å². The molecule has 1 aliphatic rings. The van der Waals surface area contributed by atoms with Crippen LogP contribution in [-0.4, -0.2) is 45.3 Å². The summed E-state index contributed by atoms with van der Waals surface area (Å²) in [6.45, 7) is 3.15. The number of nitrogens with zero attached hydrogens (tertiary/aromatic N) is 1. The lowest BCUT2D eigenvalue weighted by molar-refractivity contribution is -0.117. The highest BCUT2D eigenvalue weighted by Crippen LogP contribution is 2.33. The van der Waals surface area contributed by atoms with Gasteiger partial charge in [0, 0.05) is 31.3 Å². The Labute approximate surface area is 142 Å². The molecule has 1 aromatic carbocycles. The molecule has 0 bridgehead atoms. The minimum Gasteiger partial charge on any atom is -0.493 e. The van der Waals surface area contributed by atoms with E-state index in [9.17, 15) is 9.59 Å². The molecule has 0 spiro atoms. The van der Waals surface area contributed by atoms with E-state index in [1.807, 2.05) is 6.07 Å². The molecule has 1 heterocycles. The third-order valence-electron chi connectivity index (χ3n) is 3.95. The van der Waals surface area contributed by atoms with E-state index in [1.165, 1.54) is 0 Å². The second kappa shape index (κ2) is 8.42. The molecule has 0 saturated carbocycles. The Kier molecular flexibility index (Phi) is 6.28. The third-order valence-corrected chi connectivity index (χ3v) is 3.95. The van der Waals surface area contributed by atoms with E-state index < -0.39 is 0 Å². The van der Waals surface area contributed by atoms with Crippen molar-refractivity contribution in [2.75, 3.05) is 32.2 Å². The summed E-state index contributed by atoms with van der Waals surface area (Å²) in [6, 6.07) is 4.91. The quantitative estimate of drug-likeness (QED) is 0.746. The van der Waals surface area contributed by atoms with Gasteiger partial charge in [-0.05, 0) is 18.6 Å². The Morgan fingerprint density at radius 1 is 1.29 bits per heavy atom. The highest BCUT2D eigenvalue weighted by atomic mass is 16.5. The minimum atomic E-state index is -0.226. The molecule has 24 heavy (non-hydrogen) atoms. The SMILES string of the molecule is CCCCNC(=O)N[C@H]1CC(=O)N(c2ccc(OC)c(OC)c2)C1. The van der Waals surface area contributed by atoms with Crippen molar-refractivity contribution in [1.82, 2.24) is 10.6 Å². The molecule has 1 aromatic rings. The maximum Gasteiger partial charge on any atom is 0.315 e. The Morgan fingerprint density at radius 2 is 2.04 bits per heavy atom. The highest BCUT2D eigenvalue weighted by Gasteiger charge is 2.32. The molecular formula is C17H25N3O4. The monoisotopic (exact) mass is 335 g/mol. The number of anilines is 1. The topological polar surface area (TPSA) is 79.9 Å². The van der Waals surface area contributed by atoms with Gasteiger partial charge in [0.15, 0.2) is 11.5 Å². The molecule has 2 N–H and O–H groups in total. The predicted octanol–water partition coefficient (Wildman–Crippen LogP) is 1.91. The number of carbonyl (C=O) groups excluding carboxylic acids is 2. The van der Waals surface area contributed by atoms with Crippen molar-refractivity contribution in [3.8, 4) is 11.5 Å².